The second kappa shape index (κ2) is 8.88. The van der Waals surface area contributed by atoms with Crippen LogP contribution < -0.4 is 5.32 Å². The number of aromatic carboxylic acids is 1. The van der Waals surface area contributed by atoms with Crippen LogP contribution in [0.3, 0.4) is 0 Å². The normalized spacial score (nSPS) is 19.8. The summed E-state index contributed by atoms with van der Waals surface area (Å²) in [6.07, 6.45) is 4.34. The summed E-state index contributed by atoms with van der Waals surface area (Å²) in [6.45, 7) is 3.30. The number of urea groups is 1. The molecule has 2 heterocycles. The van der Waals surface area contributed by atoms with Crippen LogP contribution in [0.2, 0.25) is 0 Å². The van der Waals surface area contributed by atoms with E-state index in [4.69, 9.17) is 5.11 Å². The number of hydrogen-bond acceptors (Lipinski definition) is 3. The molecule has 2 aliphatic rings. The molecule has 0 bridgehead atoms. The molecule has 0 radical (unpaired) electrons. The van der Waals surface area contributed by atoms with Crippen LogP contribution in [0.5, 0.6) is 0 Å². The predicted octanol–water partition coefficient (Wildman–Crippen LogP) is 1.97. The summed E-state index contributed by atoms with van der Waals surface area (Å²) in [5.41, 5.74) is 1.13. The van der Waals surface area contributed by atoms with E-state index in [0.29, 0.717) is 19.5 Å². The van der Waals surface area contributed by atoms with Crippen molar-refractivity contribution in [3.05, 3.63) is 35.4 Å². The van der Waals surface area contributed by atoms with E-state index < -0.39 is 5.97 Å². The van der Waals surface area contributed by atoms with Gasteiger partial charge in [-0.25, -0.2) is 9.59 Å². The summed E-state index contributed by atoms with van der Waals surface area (Å²) < 4.78 is 0. The monoisotopic (exact) mass is 373 g/mol. The molecule has 27 heavy (non-hydrogen) atoms. The molecule has 2 saturated heterocycles. The molecule has 0 saturated carbocycles. The number of hydrogen-bond donors (Lipinski definition) is 2. The first-order chi connectivity index (χ1) is 13.0. The maximum Gasteiger partial charge on any atom is 0.335 e. The van der Waals surface area contributed by atoms with E-state index in [0.717, 1.165) is 50.9 Å². The van der Waals surface area contributed by atoms with Gasteiger partial charge in [-0.1, -0.05) is 12.1 Å². The number of carbonyl (C=O) groups is 3. The minimum absolute atomic E-state index is 0.0247. The van der Waals surface area contributed by atoms with Gasteiger partial charge in [0.2, 0.25) is 5.91 Å². The maximum absolute atomic E-state index is 12.5. The number of rotatable bonds is 5. The van der Waals surface area contributed by atoms with Gasteiger partial charge in [-0.05, 0) is 49.8 Å². The van der Waals surface area contributed by atoms with Crippen molar-refractivity contribution in [2.75, 3.05) is 32.7 Å². The van der Waals surface area contributed by atoms with Crippen molar-refractivity contribution in [2.45, 2.75) is 32.1 Å². The number of piperidine rings is 1. The molecule has 146 valence electrons. The van der Waals surface area contributed by atoms with Crippen molar-refractivity contribution < 1.29 is 19.5 Å². The van der Waals surface area contributed by atoms with Crippen LogP contribution in [-0.2, 0) is 11.2 Å². The molecule has 7 heteroatoms. The summed E-state index contributed by atoms with van der Waals surface area (Å²) in [4.78, 5) is 39.7. The number of nitrogens with one attached hydrogen (secondary N) is 1. The summed E-state index contributed by atoms with van der Waals surface area (Å²) in [6, 6.07) is 6.82. The van der Waals surface area contributed by atoms with E-state index in [9.17, 15) is 14.4 Å². The smallest absolute Gasteiger partial charge is 0.335 e. The molecule has 7 nitrogen and oxygen atoms in total. The van der Waals surface area contributed by atoms with Gasteiger partial charge in [-0.2, -0.15) is 0 Å². The predicted molar refractivity (Wildman–Crippen MR) is 101 cm³/mol. The summed E-state index contributed by atoms with van der Waals surface area (Å²) >= 11 is 0. The number of likely N-dealkylation sites (tertiary alicyclic amines) is 2. The zero-order valence-corrected chi connectivity index (χ0v) is 15.5. The number of benzene rings is 1. The van der Waals surface area contributed by atoms with Gasteiger partial charge in [-0.15, -0.1) is 0 Å². The fourth-order valence-electron chi connectivity index (χ4n) is 3.81. The SMILES string of the molecule is O=C(O)c1cccc(CCNC(=O)C2CCCN(C(=O)N3CCCC3)C2)c1. The third-order valence-electron chi connectivity index (χ3n) is 5.33. The van der Waals surface area contributed by atoms with Crippen LogP contribution in [-0.4, -0.2) is 65.5 Å². The van der Waals surface area contributed by atoms with Crippen LogP contribution in [0.4, 0.5) is 4.79 Å². The lowest BCUT2D eigenvalue weighted by atomic mass is 9.97. The van der Waals surface area contributed by atoms with Crippen LogP contribution in [0, 0.1) is 5.92 Å². The lowest BCUT2D eigenvalue weighted by Crippen LogP contribution is -2.49. The fourth-order valence-corrected chi connectivity index (χ4v) is 3.81. The number of carbonyl (C=O) groups excluding carboxylic acids is 2. The molecule has 3 amide bonds. The number of carboxylic acid groups (broad SMARTS) is 1. The van der Waals surface area contributed by atoms with E-state index in [1.807, 2.05) is 15.9 Å². The Morgan fingerprint density at radius 3 is 2.56 bits per heavy atom. The van der Waals surface area contributed by atoms with Gasteiger partial charge in [-0.3, -0.25) is 4.79 Å². The van der Waals surface area contributed by atoms with Crippen molar-refractivity contribution in [1.82, 2.24) is 15.1 Å². The van der Waals surface area contributed by atoms with E-state index in [-0.39, 0.29) is 23.4 Å². The molecule has 0 aliphatic carbocycles. The molecule has 2 aliphatic heterocycles. The van der Waals surface area contributed by atoms with Gasteiger partial charge in [0.05, 0.1) is 11.5 Å². The molecule has 0 spiro atoms. The zero-order valence-electron chi connectivity index (χ0n) is 15.5. The fraction of sp³-hybridized carbons (Fsp3) is 0.550. The maximum atomic E-state index is 12.5. The summed E-state index contributed by atoms with van der Waals surface area (Å²) in [7, 11) is 0. The Morgan fingerprint density at radius 1 is 1.07 bits per heavy atom. The average Bonchev–Trinajstić information content (AvgIpc) is 3.22. The van der Waals surface area contributed by atoms with Crippen molar-refractivity contribution >= 4 is 17.9 Å². The average molecular weight is 373 g/mol. The van der Waals surface area contributed by atoms with Gasteiger partial charge >= 0.3 is 12.0 Å². The van der Waals surface area contributed by atoms with Gasteiger partial charge in [0.1, 0.15) is 0 Å². The number of carboxylic acids is 1. The molecule has 2 fully saturated rings. The first-order valence-corrected chi connectivity index (χ1v) is 9.68. The standard InChI is InChI=1S/C20H27N3O4/c24-18(21-9-8-15-5-3-6-16(13-15)19(25)26)17-7-4-12-23(14-17)20(27)22-10-1-2-11-22/h3,5-6,13,17H,1-2,4,7-12,14H2,(H,21,24)(H,25,26). The van der Waals surface area contributed by atoms with E-state index in [1.165, 1.54) is 0 Å². The molecule has 3 rings (SSSR count). The molecule has 1 atom stereocenters. The Bertz CT molecular complexity index is 700. The van der Waals surface area contributed by atoms with Crippen LogP contribution in [0.1, 0.15) is 41.6 Å². The molecule has 0 aromatic heterocycles. The van der Waals surface area contributed by atoms with Crippen LogP contribution >= 0.6 is 0 Å². The lowest BCUT2D eigenvalue weighted by Gasteiger charge is -2.34. The number of nitrogens with zero attached hydrogens (tertiary/aromatic N) is 2. The minimum atomic E-state index is -0.953. The van der Waals surface area contributed by atoms with Gasteiger partial charge in [0.25, 0.3) is 0 Å². The third-order valence-corrected chi connectivity index (χ3v) is 5.33. The molecule has 1 aromatic rings. The Hall–Kier alpha value is -2.57. The number of amides is 3. The van der Waals surface area contributed by atoms with E-state index in [1.54, 1.807) is 18.2 Å². The summed E-state index contributed by atoms with van der Waals surface area (Å²) in [5.74, 6) is -1.15. The topological polar surface area (TPSA) is 90.0 Å². The Morgan fingerprint density at radius 2 is 1.81 bits per heavy atom. The Kier molecular flexibility index (Phi) is 6.32. The molecular formula is C20H27N3O4. The van der Waals surface area contributed by atoms with E-state index in [2.05, 4.69) is 5.32 Å². The van der Waals surface area contributed by atoms with Crippen molar-refractivity contribution in [3.8, 4) is 0 Å². The quantitative estimate of drug-likeness (QED) is 0.826. The largest absolute Gasteiger partial charge is 0.478 e. The molecule has 2 N–H and O–H groups in total. The van der Waals surface area contributed by atoms with Crippen molar-refractivity contribution in [3.63, 3.8) is 0 Å². The lowest BCUT2D eigenvalue weighted by molar-refractivity contribution is -0.126. The van der Waals surface area contributed by atoms with Crippen LogP contribution in [0.25, 0.3) is 0 Å². The first-order valence-electron chi connectivity index (χ1n) is 9.68. The summed E-state index contributed by atoms with van der Waals surface area (Å²) in [5, 5.41) is 12.0. The Balaban J connectivity index is 1.47. The van der Waals surface area contributed by atoms with E-state index >= 15 is 0 Å². The first kappa shape index (κ1) is 19.2. The van der Waals surface area contributed by atoms with Crippen molar-refractivity contribution in [1.29, 1.82) is 0 Å². The molecule has 1 aromatic carbocycles. The highest BCUT2D eigenvalue weighted by Gasteiger charge is 2.31. The second-order valence-corrected chi connectivity index (χ2v) is 7.31. The van der Waals surface area contributed by atoms with Crippen LogP contribution in [0.15, 0.2) is 24.3 Å². The van der Waals surface area contributed by atoms with Crippen molar-refractivity contribution in [2.24, 2.45) is 5.92 Å². The van der Waals surface area contributed by atoms with Gasteiger partial charge in [0, 0.05) is 32.7 Å². The molecule has 1 unspecified atom stereocenters. The highest BCUT2D eigenvalue weighted by molar-refractivity contribution is 5.87. The zero-order chi connectivity index (χ0) is 19.2. The second-order valence-electron chi connectivity index (χ2n) is 7.31. The molecular weight excluding hydrogens is 346 g/mol. The highest BCUT2D eigenvalue weighted by atomic mass is 16.4. The Labute approximate surface area is 159 Å². The minimum Gasteiger partial charge on any atom is -0.478 e. The van der Waals surface area contributed by atoms with Gasteiger partial charge < -0.3 is 20.2 Å². The van der Waals surface area contributed by atoms with Gasteiger partial charge in [0.15, 0.2) is 0 Å². The highest BCUT2D eigenvalue weighted by Crippen LogP contribution is 2.20. The third kappa shape index (κ3) is 4.99.